The number of benzene rings is 1. The van der Waals surface area contributed by atoms with Crippen molar-refractivity contribution < 1.29 is 32.2 Å². The van der Waals surface area contributed by atoms with Gasteiger partial charge in [0, 0.05) is 12.3 Å². The third kappa shape index (κ3) is 3.10. The van der Waals surface area contributed by atoms with Crippen molar-refractivity contribution in [1.82, 2.24) is 4.98 Å². The SMILES string of the molecule is CC(=O)c1nc2c(OCC(F)(F)C(F)F)cccc2cc1O. The highest BCUT2D eigenvalue weighted by atomic mass is 19.3. The number of nitrogens with zero attached hydrogens (tertiary/aromatic N) is 1. The van der Waals surface area contributed by atoms with E-state index in [1.807, 2.05) is 0 Å². The van der Waals surface area contributed by atoms with E-state index in [2.05, 4.69) is 4.98 Å². The van der Waals surface area contributed by atoms with Crippen molar-refractivity contribution in [2.24, 2.45) is 0 Å². The number of hydrogen-bond donors (Lipinski definition) is 1. The van der Waals surface area contributed by atoms with Gasteiger partial charge < -0.3 is 9.84 Å². The molecule has 0 fully saturated rings. The van der Waals surface area contributed by atoms with Gasteiger partial charge in [-0.15, -0.1) is 0 Å². The molecule has 0 saturated heterocycles. The normalized spacial score (nSPS) is 11.9. The van der Waals surface area contributed by atoms with Crippen LogP contribution in [0.1, 0.15) is 17.4 Å². The van der Waals surface area contributed by atoms with Crippen molar-refractivity contribution in [3.05, 3.63) is 30.0 Å². The molecule has 118 valence electrons. The van der Waals surface area contributed by atoms with Gasteiger partial charge in [-0.25, -0.2) is 13.8 Å². The maximum atomic E-state index is 12.9. The summed E-state index contributed by atoms with van der Waals surface area (Å²) in [5.74, 6) is -5.38. The van der Waals surface area contributed by atoms with Gasteiger partial charge in [0.15, 0.2) is 12.4 Å². The van der Waals surface area contributed by atoms with E-state index in [-0.39, 0.29) is 22.7 Å². The molecule has 0 bridgehead atoms. The fourth-order valence-electron chi connectivity index (χ4n) is 1.77. The Balaban J connectivity index is 2.42. The van der Waals surface area contributed by atoms with Gasteiger partial charge >= 0.3 is 12.3 Å². The third-order valence-corrected chi connectivity index (χ3v) is 2.86. The monoisotopic (exact) mass is 317 g/mol. The lowest BCUT2D eigenvalue weighted by Crippen LogP contribution is -2.33. The molecule has 0 aliphatic rings. The van der Waals surface area contributed by atoms with Gasteiger partial charge in [-0.05, 0) is 12.1 Å². The second-order valence-corrected chi connectivity index (χ2v) is 4.59. The Morgan fingerprint density at radius 3 is 2.68 bits per heavy atom. The van der Waals surface area contributed by atoms with Gasteiger partial charge in [-0.3, -0.25) is 4.79 Å². The van der Waals surface area contributed by atoms with Gasteiger partial charge in [0.2, 0.25) is 0 Å². The molecule has 0 aliphatic carbocycles. The molecule has 0 unspecified atom stereocenters. The lowest BCUT2D eigenvalue weighted by Gasteiger charge is -2.16. The predicted octanol–water partition coefficient (Wildman–Crippen LogP) is 3.42. The van der Waals surface area contributed by atoms with E-state index in [1.165, 1.54) is 31.2 Å². The van der Waals surface area contributed by atoms with E-state index in [1.54, 1.807) is 0 Å². The first kappa shape index (κ1) is 16.0. The number of ether oxygens (including phenoxy) is 1. The Hall–Kier alpha value is -2.38. The molecular formula is C14H11F4NO3. The van der Waals surface area contributed by atoms with Crippen LogP contribution in [0.4, 0.5) is 17.6 Å². The molecule has 1 aromatic carbocycles. The minimum Gasteiger partial charge on any atom is -0.506 e. The topological polar surface area (TPSA) is 59.4 Å². The highest BCUT2D eigenvalue weighted by Gasteiger charge is 2.41. The summed E-state index contributed by atoms with van der Waals surface area (Å²) in [7, 11) is 0. The second kappa shape index (κ2) is 5.78. The molecule has 4 nitrogen and oxygen atoms in total. The van der Waals surface area contributed by atoms with Crippen LogP contribution in [0.3, 0.4) is 0 Å². The van der Waals surface area contributed by atoms with Crippen LogP contribution in [-0.2, 0) is 0 Å². The molecule has 1 aromatic heterocycles. The highest BCUT2D eigenvalue weighted by molar-refractivity contribution is 5.98. The molecule has 8 heteroatoms. The largest absolute Gasteiger partial charge is 0.506 e. The van der Waals surface area contributed by atoms with Crippen LogP contribution in [0.2, 0.25) is 0 Å². The number of alkyl halides is 4. The van der Waals surface area contributed by atoms with Crippen molar-refractivity contribution in [2.45, 2.75) is 19.3 Å². The van der Waals surface area contributed by atoms with Crippen LogP contribution in [-0.4, -0.2) is 34.8 Å². The number of para-hydroxylation sites is 1. The number of Topliss-reactive ketones (excluding diaryl/α,β-unsaturated/α-hetero) is 1. The zero-order valence-electron chi connectivity index (χ0n) is 11.3. The first-order chi connectivity index (χ1) is 10.2. The lowest BCUT2D eigenvalue weighted by atomic mass is 10.1. The number of carbonyl (C=O) groups is 1. The van der Waals surface area contributed by atoms with Crippen LogP contribution < -0.4 is 4.74 Å². The maximum Gasteiger partial charge on any atom is 0.340 e. The Bertz CT molecular complexity index is 719. The Labute approximate surface area is 122 Å². The zero-order valence-corrected chi connectivity index (χ0v) is 11.3. The summed E-state index contributed by atoms with van der Waals surface area (Å²) in [6.45, 7) is -0.357. The first-order valence-corrected chi connectivity index (χ1v) is 6.15. The van der Waals surface area contributed by atoms with Gasteiger partial charge in [0.05, 0.1) is 0 Å². The highest BCUT2D eigenvalue weighted by Crippen LogP contribution is 2.30. The van der Waals surface area contributed by atoms with Crippen LogP contribution in [0.5, 0.6) is 11.5 Å². The number of ketones is 1. The quantitative estimate of drug-likeness (QED) is 0.678. The number of rotatable bonds is 5. The van der Waals surface area contributed by atoms with E-state index in [0.717, 1.165) is 0 Å². The van der Waals surface area contributed by atoms with Gasteiger partial charge in [-0.1, -0.05) is 12.1 Å². The third-order valence-electron chi connectivity index (χ3n) is 2.86. The van der Waals surface area contributed by atoms with E-state index in [4.69, 9.17) is 4.74 Å². The van der Waals surface area contributed by atoms with E-state index in [9.17, 15) is 27.5 Å². The molecule has 0 aliphatic heterocycles. The molecule has 2 rings (SSSR count). The Kier molecular flexibility index (Phi) is 4.20. The van der Waals surface area contributed by atoms with Crippen LogP contribution >= 0.6 is 0 Å². The number of aromatic hydroxyl groups is 1. The van der Waals surface area contributed by atoms with Gasteiger partial charge in [0.1, 0.15) is 22.7 Å². The number of pyridine rings is 1. The maximum absolute atomic E-state index is 12.9. The fraction of sp³-hybridized carbons (Fsp3) is 0.286. The van der Waals surface area contributed by atoms with Crippen molar-refractivity contribution in [1.29, 1.82) is 0 Å². The van der Waals surface area contributed by atoms with Crippen LogP contribution in [0.15, 0.2) is 24.3 Å². The van der Waals surface area contributed by atoms with Gasteiger partial charge in [0.25, 0.3) is 0 Å². The molecule has 0 spiro atoms. The second-order valence-electron chi connectivity index (χ2n) is 4.59. The summed E-state index contributed by atoms with van der Waals surface area (Å²) in [6, 6.07) is 5.41. The van der Waals surface area contributed by atoms with E-state index < -0.39 is 24.7 Å². The summed E-state index contributed by atoms with van der Waals surface area (Å²) in [4.78, 5) is 15.2. The number of hydrogen-bond acceptors (Lipinski definition) is 4. The molecule has 0 saturated carbocycles. The van der Waals surface area contributed by atoms with Crippen molar-refractivity contribution in [3.63, 3.8) is 0 Å². The van der Waals surface area contributed by atoms with E-state index in [0.29, 0.717) is 5.39 Å². The van der Waals surface area contributed by atoms with Crippen molar-refractivity contribution in [2.75, 3.05) is 6.61 Å². The average molecular weight is 317 g/mol. The molecule has 1 N–H and O–H groups in total. The first-order valence-electron chi connectivity index (χ1n) is 6.15. The molecule has 0 radical (unpaired) electrons. The lowest BCUT2D eigenvalue weighted by molar-refractivity contribution is -0.148. The molecule has 22 heavy (non-hydrogen) atoms. The van der Waals surface area contributed by atoms with Crippen molar-refractivity contribution >= 4 is 16.7 Å². The summed E-state index contributed by atoms with van der Waals surface area (Å²) >= 11 is 0. The fourth-order valence-corrected chi connectivity index (χ4v) is 1.77. The molecule has 0 amide bonds. The molecule has 1 heterocycles. The van der Waals surface area contributed by atoms with Crippen molar-refractivity contribution in [3.8, 4) is 11.5 Å². The predicted molar refractivity (Wildman–Crippen MR) is 69.9 cm³/mol. The number of carbonyl (C=O) groups excluding carboxylic acids is 1. The molecule has 0 atom stereocenters. The molecule has 2 aromatic rings. The minimum atomic E-state index is -4.30. The summed E-state index contributed by atoms with van der Waals surface area (Å²) < 4.78 is 54.8. The Morgan fingerprint density at radius 2 is 2.09 bits per heavy atom. The van der Waals surface area contributed by atoms with Crippen LogP contribution in [0.25, 0.3) is 10.9 Å². The number of halogens is 4. The summed E-state index contributed by atoms with van der Waals surface area (Å²) in [5, 5.41) is 9.98. The van der Waals surface area contributed by atoms with Crippen LogP contribution in [0, 0.1) is 0 Å². The Morgan fingerprint density at radius 1 is 1.41 bits per heavy atom. The smallest absolute Gasteiger partial charge is 0.340 e. The number of aromatic nitrogens is 1. The zero-order chi connectivity index (χ0) is 16.5. The standard InChI is InChI=1S/C14H11F4NO3/c1-7(20)11-9(21)5-8-3-2-4-10(12(8)19-11)22-6-14(17,18)13(15)16/h2-5,13,21H,6H2,1H3. The van der Waals surface area contributed by atoms with Gasteiger partial charge in [-0.2, -0.15) is 8.78 Å². The summed E-state index contributed by atoms with van der Waals surface area (Å²) in [5.41, 5.74) is -0.236. The van der Waals surface area contributed by atoms with E-state index >= 15 is 0 Å². The average Bonchev–Trinajstić information content (AvgIpc) is 2.43. The number of fused-ring (bicyclic) bond motifs is 1. The molecular weight excluding hydrogens is 306 g/mol. The minimum absolute atomic E-state index is 0.0237. The summed E-state index contributed by atoms with van der Waals surface area (Å²) in [6.07, 6.45) is -3.85.